The largest absolute Gasteiger partial charge is 0.481 e. The van der Waals surface area contributed by atoms with Crippen LogP contribution in [-0.2, 0) is 9.59 Å². The fraction of sp³-hybridized carbons (Fsp3) is 0.636. The predicted molar refractivity (Wildman–Crippen MR) is 58.4 cm³/mol. The lowest BCUT2D eigenvalue weighted by molar-refractivity contribution is -0.146. The highest BCUT2D eigenvalue weighted by Gasteiger charge is 2.29. The minimum Gasteiger partial charge on any atom is -0.481 e. The second-order valence-electron chi connectivity index (χ2n) is 3.98. The molecule has 0 aromatic rings. The average molecular weight is 224 g/mol. The van der Waals surface area contributed by atoms with Crippen LogP contribution in [0.15, 0.2) is 0 Å². The van der Waals surface area contributed by atoms with E-state index >= 15 is 0 Å². The number of piperidine rings is 1. The highest BCUT2D eigenvalue weighted by atomic mass is 16.4. The van der Waals surface area contributed by atoms with E-state index in [4.69, 9.17) is 17.3 Å². The Labute approximate surface area is 94.6 Å². The summed E-state index contributed by atoms with van der Waals surface area (Å²) in [6.07, 6.45) is 6.58. The number of hydrogen-bond acceptors (Lipinski definition) is 3. The zero-order valence-electron chi connectivity index (χ0n) is 9.06. The van der Waals surface area contributed by atoms with Crippen LogP contribution in [-0.4, -0.2) is 41.0 Å². The van der Waals surface area contributed by atoms with Crippen molar-refractivity contribution in [2.24, 2.45) is 11.7 Å². The number of amides is 1. The van der Waals surface area contributed by atoms with Crippen molar-refractivity contribution >= 4 is 11.9 Å². The van der Waals surface area contributed by atoms with Crippen LogP contribution in [0.5, 0.6) is 0 Å². The van der Waals surface area contributed by atoms with Crippen molar-refractivity contribution in [3.63, 3.8) is 0 Å². The van der Waals surface area contributed by atoms with Crippen molar-refractivity contribution in [1.82, 2.24) is 4.90 Å². The van der Waals surface area contributed by atoms with E-state index in [2.05, 4.69) is 5.92 Å². The third kappa shape index (κ3) is 2.97. The van der Waals surface area contributed by atoms with Crippen LogP contribution in [0.3, 0.4) is 0 Å². The monoisotopic (exact) mass is 224 g/mol. The van der Waals surface area contributed by atoms with Crippen LogP contribution in [0.2, 0.25) is 0 Å². The van der Waals surface area contributed by atoms with E-state index in [0.717, 1.165) is 0 Å². The Balaban J connectivity index is 2.57. The molecule has 0 aromatic heterocycles. The average Bonchev–Trinajstić information content (AvgIpc) is 2.28. The first kappa shape index (κ1) is 12.5. The van der Waals surface area contributed by atoms with Gasteiger partial charge in [0.05, 0.1) is 12.0 Å². The Kier molecular flexibility index (Phi) is 4.32. The lowest BCUT2D eigenvalue weighted by Gasteiger charge is -2.32. The summed E-state index contributed by atoms with van der Waals surface area (Å²) in [5.41, 5.74) is 5.60. The van der Waals surface area contributed by atoms with Crippen molar-refractivity contribution in [2.75, 3.05) is 13.1 Å². The third-order valence-corrected chi connectivity index (χ3v) is 2.74. The van der Waals surface area contributed by atoms with Crippen molar-refractivity contribution in [2.45, 2.75) is 25.3 Å². The molecule has 1 aliphatic rings. The van der Waals surface area contributed by atoms with E-state index in [-0.39, 0.29) is 18.9 Å². The molecule has 1 fully saturated rings. The molecular formula is C11H16N2O3. The molecule has 0 saturated carbocycles. The van der Waals surface area contributed by atoms with E-state index in [1.54, 1.807) is 0 Å². The first-order valence-electron chi connectivity index (χ1n) is 5.27. The number of rotatable bonds is 3. The van der Waals surface area contributed by atoms with E-state index in [9.17, 15) is 9.59 Å². The van der Waals surface area contributed by atoms with E-state index in [1.165, 1.54) is 4.90 Å². The van der Waals surface area contributed by atoms with Crippen molar-refractivity contribution in [3.8, 4) is 12.3 Å². The molecule has 2 unspecified atom stereocenters. The molecule has 1 heterocycles. The Morgan fingerprint density at radius 1 is 1.62 bits per heavy atom. The number of carbonyl (C=O) groups is 2. The van der Waals surface area contributed by atoms with E-state index in [0.29, 0.717) is 19.4 Å². The van der Waals surface area contributed by atoms with Gasteiger partial charge in [-0.05, 0) is 12.8 Å². The molecule has 16 heavy (non-hydrogen) atoms. The zero-order chi connectivity index (χ0) is 12.1. The molecular weight excluding hydrogens is 208 g/mol. The van der Waals surface area contributed by atoms with Crippen LogP contribution in [0, 0.1) is 18.3 Å². The second-order valence-corrected chi connectivity index (χ2v) is 3.98. The van der Waals surface area contributed by atoms with Gasteiger partial charge in [0.15, 0.2) is 0 Å². The fourth-order valence-corrected chi connectivity index (χ4v) is 1.83. The van der Waals surface area contributed by atoms with Crippen LogP contribution >= 0.6 is 0 Å². The minimum absolute atomic E-state index is 0.188. The van der Waals surface area contributed by atoms with Gasteiger partial charge in [0.25, 0.3) is 0 Å². The number of carbonyl (C=O) groups excluding carboxylic acids is 1. The third-order valence-electron chi connectivity index (χ3n) is 2.74. The normalized spacial score (nSPS) is 22.2. The molecule has 88 valence electrons. The van der Waals surface area contributed by atoms with Gasteiger partial charge < -0.3 is 15.7 Å². The van der Waals surface area contributed by atoms with Crippen LogP contribution in [0.4, 0.5) is 0 Å². The maximum atomic E-state index is 11.8. The molecule has 0 aliphatic carbocycles. The first-order chi connectivity index (χ1) is 7.56. The van der Waals surface area contributed by atoms with Gasteiger partial charge in [0.2, 0.25) is 5.91 Å². The Morgan fingerprint density at radius 2 is 2.31 bits per heavy atom. The predicted octanol–water partition coefficient (Wildman–Crippen LogP) is -0.340. The Hall–Kier alpha value is -1.54. The van der Waals surface area contributed by atoms with Crippen molar-refractivity contribution < 1.29 is 14.7 Å². The number of nitrogens with two attached hydrogens (primary N) is 1. The summed E-state index contributed by atoms with van der Waals surface area (Å²) in [6.45, 7) is 0.813. The first-order valence-corrected chi connectivity index (χ1v) is 5.27. The SMILES string of the molecule is C#CCC(N)C(=O)N1CCCC(C(=O)O)C1. The molecule has 0 spiro atoms. The van der Waals surface area contributed by atoms with Gasteiger partial charge in [-0.1, -0.05) is 0 Å². The molecule has 0 bridgehead atoms. The molecule has 2 atom stereocenters. The number of likely N-dealkylation sites (tertiary alicyclic amines) is 1. The zero-order valence-corrected chi connectivity index (χ0v) is 9.06. The van der Waals surface area contributed by atoms with Gasteiger partial charge in [0.1, 0.15) is 0 Å². The molecule has 1 amide bonds. The van der Waals surface area contributed by atoms with Gasteiger partial charge in [-0.15, -0.1) is 12.3 Å². The summed E-state index contributed by atoms with van der Waals surface area (Å²) in [7, 11) is 0. The summed E-state index contributed by atoms with van der Waals surface area (Å²) in [4.78, 5) is 24.1. The molecule has 5 heteroatoms. The lowest BCUT2D eigenvalue weighted by atomic mass is 9.97. The molecule has 1 aliphatic heterocycles. The molecule has 1 rings (SSSR count). The topological polar surface area (TPSA) is 83.6 Å². The number of carboxylic acids is 1. The summed E-state index contributed by atoms with van der Waals surface area (Å²) >= 11 is 0. The molecule has 0 radical (unpaired) electrons. The fourth-order valence-electron chi connectivity index (χ4n) is 1.83. The van der Waals surface area contributed by atoms with Gasteiger partial charge in [-0.3, -0.25) is 9.59 Å². The van der Waals surface area contributed by atoms with Crippen molar-refractivity contribution in [3.05, 3.63) is 0 Å². The quantitative estimate of drug-likeness (QED) is 0.642. The standard InChI is InChI=1S/C11H16N2O3/c1-2-4-9(12)10(14)13-6-3-5-8(7-13)11(15)16/h1,8-9H,3-7,12H2,(H,15,16). The molecule has 1 saturated heterocycles. The van der Waals surface area contributed by atoms with Crippen molar-refractivity contribution in [1.29, 1.82) is 0 Å². The summed E-state index contributed by atoms with van der Waals surface area (Å²) < 4.78 is 0. The molecule has 5 nitrogen and oxygen atoms in total. The van der Waals surface area contributed by atoms with E-state index in [1.807, 2.05) is 0 Å². The smallest absolute Gasteiger partial charge is 0.308 e. The number of terminal acetylenes is 1. The number of aliphatic carboxylic acids is 1. The molecule has 0 aromatic carbocycles. The van der Waals surface area contributed by atoms with Crippen LogP contribution in [0.1, 0.15) is 19.3 Å². The maximum Gasteiger partial charge on any atom is 0.308 e. The maximum absolute atomic E-state index is 11.8. The minimum atomic E-state index is -0.858. The number of carboxylic acid groups (broad SMARTS) is 1. The van der Waals surface area contributed by atoms with Gasteiger partial charge >= 0.3 is 5.97 Å². The summed E-state index contributed by atoms with van der Waals surface area (Å²) in [5, 5.41) is 8.88. The Morgan fingerprint density at radius 3 is 2.88 bits per heavy atom. The van der Waals surface area contributed by atoms with Crippen LogP contribution in [0.25, 0.3) is 0 Å². The van der Waals surface area contributed by atoms with E-state index < -0.39 is 17.9 Å². The highest BCUT2D eigenvalue weighted by molar-refractivity contribution is 5.83. The van der Waals surface area contributed by atoms with Gasteiger partial charge in [0, 0.05) is 19.5 Å². The second kappa shape index (κ2) is 5.52. The lowest BCUT2D eigenvalue weighted by Crippen LogP contribution is -2.49. The van der Waals surface area contributed by atoms with Gasteiger partial charge in [-0.2, -0.15) is 0 Å². The number of nitrogens with zero attached hydrogens (tertiary/aromatic N) is 1. The van der Waals surface area contributed by atoms with Crippen LogP contribution < -0.4 is 5.73 Å². The highest BCUT2D eigenvalue weighted by Crippen LogP contribution is 2.17. The number of hydrogen-bond donors (Lipinski definition) is 2. The Bertz CT molecular complexity index is 322. The summed E-state index contributed by atoms with van der Waals surface area (Å²) in [5.74, 6) is 0.752. The van der Waals surface area contributed by atoms with Gasteiger partial charge in [-0.25, -0.2) is 0 Å². The summed E-state index contributed by atoms with van der Waals surface area (Å²) in [6, 6.07) is -0.711. The molecule has 3 N–H and O–H groups in total.